The molecule has 0 N–H and O–H groups in total. The molecule has 0 aromatic carbocycles. The Morgan fingerprint density at radius 3 is 2.18 bits per heavy atom. The molecule has 0 aromatic heterocycles. The van der Waals surface area contributed by atoms with E-state index >= 15 is 0 Å². The van der Waals surface area contributed by atoms with Crippen molar-refractivity contribution in [3.8, 4) is 0 Å². The third-order valence-electron chi connectivity index (χ3n) is 3.64. The van der Waals surface area contributed by atoms with Crippen molar-refractivity contribution in [2.24, 2.45) is 17.8 Å². The molecule has 1 nitrogen and oxygen atoms in total. The van der Waals surface area contributed by atoms with Gasteiger partial charge < -0.3 is 4.74 Å². The van der Waals surface area contributed by atoms with E-state index in [1.54, 1.807) is 0 Å². The minimum atomic E-state index is -5.54. The van der Waals surface area contributed by atoms with Gasteiger partial charge in [0.15, 0.2) is 0 Å². The Kier molecular flexibility index (Phi) is 2.96. The van der Waals surface area contributed by atoms with E-state index < -0.39 is 24.8 Å². The van der Waals surface area contributed by atoms with Gasteiger partial charge in [-0.2, -0.15) is 22.0 Å². The maximum absolute atomic E-state index is 12.7. The van der Waals surface area contributed by atoms with Gasteiger partial charge in [-0.15, -0.1) is 0 Å². The predicted molar refractivity (Wildman–Crippen MR) is 50.6 cm³/mol. The minimum Gasteiger partial charge on any atom is -0.371 e. The van der Waals surface area contributed by atoms with Crippen LogP contribution in [-0.2, 0) is 4.74 Å². The molecule has 0 spiro atoms. The molecule has 4 unspecified atom stereocenters. The van der Waals surface area contributed by atoms with Crippen LogP contribution in [0.15, 0.2) is 12.2 Å². The summed E-state index contributed by atoms with van der Waals surface area (Å²) in [4.78, 5) is 0. The zero-order chi connectivity index (χ0) is 12.8. The van der Waals surface area contributed by atoms with Gasteiger partial charge in [0, 0.05) is 5.92 Å². The number of halogens is 5. The Labute approximate surface area is 95.6 Å². The summed E-state index contributed by atoms with van der Waals surface area (Å²) in [6.07, 6.45) is -1.43. The molecule has 0 amide bonds. The second-order valence-corrected chi connectivity index (χ2v) is 4.79. The van der Waals surface area contributed by atoms with E-state index in [0.29, 0.717) is 0 Å². The molecule has 2 rings (SSSR count). The van der Waals surface area contributed by atoms with Crippen LogP contribution in [0.5, 0.6) is 0 Å². The van der Waals surface area contributed by atoms with Crippen molar-refractivity contribution < 1.29 is 26.7 Å². The number of hydrogen-bond donors (Lipinski definition) is 0. The molecule has 2 aliphatic rings. The van der Waals surface area contributed by atoms with Gasteiger partial charge in [-0.05, 0) is 18.3 Å². The first-order valence-electron chi connectivity index (χ1n) is 5.47. The van der Waals surface area contributed by atoms with Crippen LogP contribution in [0.25, 0.3) is 0 Å². The molecular formula is C11H13F5O. The fourth-order valence-corrected chi connectivity index (χ4v) is 2.58. The standard InChI is InChI=1S/C11H13F5O/c1-6-7-2-3-8(4-7)9(6)17-5-10(12,13)11(14,15)16/h2-3,6-9H,4-5H2,1H3. The molecule has 2 aliphatic carbocycles. The van der Waals surface area contributed by atoms with E-state index in [9.17, 15) is 22.0 Å². The van der Waals surface area contributed by atoms with E-state index in [-0.39, 0.29) is 17.8 Å². The van der Waals surface area contributed by atoms with Crippen molar-refractivity contribution in [1.29, 1.82) is 0 Å². The summed E-state index contributed by atoms with van der Waals surface area (Å²) >= 11 is 0. The lowest BCUT2D eigenvalue weighted by Gasteiger charge is -2.28. The quantitative estimate of drug-likeness (QED) is 0.555. The van der Waals surface area contributed by atoms with Gasteiger partial charge in [-0.25, -0.2) is 0 Å². The normalized spacial score (nSPS) is 36.8. The molecule has 0 aliphatic heterocycles. The Balaban J connectivity index is 1.93. The summed E-state index contributed by atoms with van der Waals surface area (Å²) in [5.74, 6) is -4.52. The summed E-state index contributed by atoms with van der Waals surface area (Å²) in [5, 5.41) is 0. The molecular weight excluding hydrogens is 243 g/mol. The van der Waals surface area contributed by atoms with Crippen LogP contribution in [0, 0.1) is 17.8 Å². The highest BCUT2D eigenvalue weighted by molar-refractivity contribution is 5.13. The molecule has 0 radical (unpaired) electrons. The number of alkyl halides is 5. The van der Waals surface area contributed by atoms with Crippen molar-refractivity contribution in [2.45, 2.75) is 31.5 Å². The third kappa shape index (κ3) is 2.19. The van der Waals surface area contributed by atoms with E-state index in [1.165, 1.54) is 0 Å². The van der Waals surface area contributed by atoms with E-state index in [2.05, 4.69) is 0 Å². The minimum absolute atomic E-state index is 0.00836. The highest BCUT2D eigenvalue weighted by atomic mass is 19.4. The number of hydrogen-bond acceptors (Lipinski definition) is 1. The first-order valence-corrected chi connectivity index (χ1v) is 5.47. The highest BCUT2D eigenvalue weighted by Gasteiger charge is 2.58. The summed E-state index contributed by atoms with van der Waals surface area (Å²) in [6.45, 7) is 0.243. The Morgan fingerprint density at radius 1 is 1.12 bits per heavy atom. The Morgan fingerprint density at radius 2 is 1.71 bits per heavy atom. The number of fused-ring (bicyclic) bond motifs is 2. The largest absolute Gasteiger partial charge is 0.455 e. The van der Waals surface area contributed by atoms with Gasteiger partial charge in [0.2, 0.25) is 0 Å². The second kappa shape index (κ2) is 3.93. The molecule has 98 valence electrons. The lowest BCUT2D eigenvalue weighted by Crippen LogP contribution is -2.43. The molecule has 1 fully saturated rings. The SMILES string of the molecule is CC1C2C=CC(C2)C1OCC(F)(F)C(F)(F)F. The molecule has 0 saturated heterocycles. The van der Waals surface area contributed by atoms with Gasteiger partial charge in [-0.3, -0.25) is 0 Å². The Bertz CT molecular complexity index is 322. The van der Waals surface area contributed by atoms with Crippen LogP contribution >= 0.6 is 0 Å². The van der Waals surface area contributed by atoms with Gasteiger partial charge in [0.05, 0.1) is 6.10 Å². The molecule has 0 aromatic rings. The monoisotopic (exact) mass is 256 g/mol. The molecule has 17 heavy (non-hydrogen) atoms. The van der Waals surface area contributed by atoms with Crippen LogP contribution in [-0.4, -0.2) is 24.8 Å². The summed E-state index contributed by atoms with van der Waals surface area (Å²) in [7, 11) is 0. The summed E-state index contributed by atoms with van der Waals surface area (Å²) in [5.41, 5.74) is 0. The molecule has 0 heterocycles. The second-order valence-electron chi connectivity index (χ2n) is 4.79. The van der Waals surface area contributed by atoms with Crippen LogP contribution in [0.3, 0.4) is 0 Å². The zero-order valence-electron chi connectivity index (χ0n) is 9.18. The van der Waals surface area contributed by atoms with Crippen molar-refractivity contribution in [3.05, 3.63) is 12.2 Å². The van der Waals surface area contributed by atoms with Crippen LogP contribution in [0.4, 0.5) is 22.0 Å². The zero-order valence-corrected chi connectivity index (χ0v) is 9.18. The maximum atomic E-state index is 12.7. The van der Waals surface area contributed by atoms with Crippen LogP contribution in [0.2, 0.25) is 0 Å². The molecule has 1 saturated carbocycles. The van der Waals surface area contributed by atoms with Crippen molar-refractivity contribution in [2.75, 3.05) is 6.61 Å². The topological polar surface area (TPSA) is 9.23 Å². The third-order valence-corrected chi connectivity index (χ3v) is 3.64. The summed E-state index contributed by atoms with van der Waals surface area (Å²) < 4.78 is 66.0. The summed E-state index contributed by atoms with van der Waals surface area (Å²) in [6, 6.07) is 0. The average Bonchev–Trinajstić information content (AvgIpc) is 2.74. The van der Waals surface area contributed by atoms with E-state index in [1.807, 2.05) is 19.1 Å². The van der Waals surface area contributed by atoms with Crippen LogP contribution < -0.4 is 0 Å². The van der Waals surface area contributed by atoms with Crippen molar-refractivity contribution >= 4 is 0 Å². The van der Waals surface area contributed by atoms with Crippen molar-refractivity contribution in [1.82, 2.24) is 0 Å². The lowest BCUT2D eigenvalue weighted by molar-refractivity contribution is -0.301. The van der Waals surface area contributed by atoms with Crippen molar-refractivity contribution in [3.63, 3.8) is 0 Å². The van der Waals surface area contributed by atoms with Gasteiger partial charge >= 0.3 is 12.1 Å². The smallest absolute Gasteiger partial charge is 0.371 e. The van der Waals surface area contributed by atoms with Gasteiger partial charge in [-0.1, -0.05) is 19.1 Å². The van der Waals surface area contributed by atoms with E-state index in [0.717, 1.165) is 6.42 Å². The molecule has 2 bridgehead atoms. The maximum Gasteiger partial charge on any atom is 0.455 e. The van der Waals surface area contributed by atoms with Gasteiger partial charge in [0.25, 0.3) is 0 Å². The average molecular weight is 256 g/mol. The fraction of sp³-hybridized carbons (Fsp3) is 0.818. The lowest BCUT2D eigenvalue weighted by atomic mass is 9.93. The number of ether oxygens (including phenoxy) is 1. The fourth-order valence-electron chi connectivity index (χ4n) is 2.58. The first-order chi connectivity index (χ1) is 7.72. The highest BCUT2D eigenvalue weighted by Crippen LogP contribution is 2.46. The Hall–Kier alpha value is -0.650. The predicted octanol–water partition coefficient (Wildman–Crippen LogP) is 3.41. The van der Waals surface area contributed by atoms with Crippen LogP contribution in [0.1, 0.15) is 13.3 Å². The number of allylic oxidation sites excluding steroid dienone is 1. The number of rotatable bonds is 3. The first kappa shape index (κ1) is 12.8. The van der Waals surface area contributed by atoms with E-state index in [4.69, 9.17) is 4.74 Å². The molecule has 4 atom stereocenters. The molecule has 6 heteroatoms. The van der Waals surface area contributed by atoms with Gasteiger partial charge in [0.1, 0.15) is 6.61 Å².